The van der Waals surface area contributed by atoms with Gasteiger partial charge in [0.1, 0.15) is 0 Å². The van der Waals surface area contributed by atoms with Gasteiger partial charge in [-0.25, -0.2) is 4.98 Å². The molecule has 0 bridgehead atoms. The molecule has 186 valence electrons. The summed E-state index contributed by atoms with van der Waals surface area (Å²) in [6.45, 7) is 6.87. The number of rotatable bonds is 3. The standard InChI is InChI=1S/C17H16N2O2.C10H12N2O3/c1-17(2)16(20)19-15-14(21-17)11-10-13(18-15)9-8-12-6-4-3-5-7-12;1-10(2)9(13)12-8-6(15-10)4-5-7(11-8)14-3/h3-11H,1-2H3,(H,18,19,20);4-5H,1-3H3,(H,11,12,13)/b9-8+;. The van der Waals surface area contributed by atoms with Crippen LogP contribution in [0.4, 0.5) is 11.6 Å². The van der Waals surface area contributed by atoms with Crippen LogP contribution in [0.5, 0.6) is 17.4 Å². The van der Waals surface area contributed by atoms with Crippen LogP contribution in [0.25, 0.3) is 12.2 Å². The van der Waals surface area contributed by atoms with Crippen molar-refractivity contribution in [1.29, 1.82) is 0 Å². The lowest BCUT2D eigenvalue weighted by Gasteiger charge is -2.30. The molecule has 3 aromatic rings. The Morgan fingerprint density at radius 1 is 0.750 bits per heavy atom. The normalized spacial score (nSPS) is 16.7. The van der Waals surface area contributed by atoms with Gasteiger partial charge in [-0.2, -0.15) is 4.98 Å². The molecule has 2 N–H and O–H groups in total. The molecular weight excluding hydrogens is 460 g/mol. The fraction of sp³-hybridized carbons (Fsp3) is 0.259. The Hall–Kier alpha value is -4.40. The highest BCUT2D eigenvalue weighted by Crippen LogP contribution is 2.33. The van der Waals surface area contributed by atoms with Gasteiger partial charge in [-0.15, -0.1) is 0 Å². The van der Waals surface area contributed by atoms with Crippen molar-refractivity contribution in [3.05, 3.63) is 65.9 Å². The van der Waals surface area contributed by atoms with E-state index < -0.39 is 11.2 Å². The number of hydrogen-bond donors (Lipinski definition) is 2. The maximum Gasteiger partial charge on any atom is 0.269 e. The van der Waals surface area contributed by atoms with Crippen molar-refractivity contribution in [3.8, 4) is 17.4 Å². The molecule has 2 aliphatic rings. The van der Waals surface area contributed by atoms with Gasteiger partial charge in [0.05, 0.1) is 12.8 Å². The van der Waals surface area contributed by atoms with Crippen LogP contribution in [0.1, 0.15) is 39.0 Å². The maximum absolute atomic E-state index is 11.9. The number of benzene rings is 1. The second-order valence-electron chi connectivity index (χ2n) is 9.16. The number of pyridine rings is 2. The predicted octanol–water partition coefficient (Wildman–Crippen LogP) is 4.56. The number of nitrogens with one attached hydrogen (secondary N) is 2. The molecule has 0 saturated heterocycles. The molecule has 0 radical (unpaired) electrons. The van der Waals surface area contributed by atoms with Gasteiger partial charge in [-0.3, -0.25) is 9.59 Å². The lowest BCUT2D eigenvalue weighted by molar-refractivity contribution is -0.130. The number of nitrogens with zero attached hydrogens (tertiary/aromatic N) is 2. The molecule has 2 aromatic heterocycles. The van der Waals surface area contributed by atoms with E-state index in [9.17, 15) is 9.59 Å². The highest BCUT2D eigenvalue weighted by Gasteiger charge is 2.37. The summed E-state index contributed by atoms with van der Waals surface area (Å²) in [6, 6.07) is 17.1. The smallest absolute Gasteiger partial charge is 0.269 e. The van der Waals surface area contributed by atoms with Gasteiger partial charge in [0.2, 0.25) is 5.88 Å². The van der Waals surface area contributed by atoms with E-state index in [-0.39, 0.29) is 11.8 Å². The molecule has 5 rings (SSSR count). The Bertz CT molecular complexity index is 1320. The van der Waals surface area contributed by atoms with Crippen molar-refractivity contribution in [2.24, 2.45) is 0 Å². The predicted molar refractivity (Wildman–Crippen MR) is 137 cm³/mol. The second-order valence-corrected chi connectivity index (χ2v) is 9.16. The van der Waals surface area contributed by atoms with Gasteiger partial charge in [-0.1, -0.05) is 36.4 Å². The summed E-state index contributed by atoms with van der Waals surface area (Å²) in [5.74, 6) is 2.06. The topological polar surface area (TPSA) is 112 Å². The zero-order valence-electron chi connectivity index (χ0n) is 20.8. The zero-order valence-corrected chi connectivity index (χ0v) is 20.8. The third kappa shape index (κ3) is 5.46. The van der Waals surface area contributed by atoms with Crippen LogP contribution >= 0.6 is 0 Å². The zero-order chi connectivity index (χ0) is 25.9. The molecule has 9 heteroatoms. The average Bonchev–Trinajstić information content (AvgIpc) is 2.85. The van der Waals surface area contributed by atoms with Gasteiger partial charge in [-0.05, 0) is 57.5 Å². The number of fused-ring (bicyclic) bond motifs is 2. The van der Waals surface area contributed by atoms with Crippen LogP contribution in [0, 0.1) is 0 Å². The Balaban J connectivity index is 0.000000179. The Labute approximate surface area is 209 Å². The number of carbonyl (C=O) groups excluding carboxylic acids is 2. The van der Waals surface area contributed by atoms with Crippen molar-refractivity contribution in [1.82, 2.24) is 9.97 Å². The van der Waals surface area contributed by atoms with Crippen LogP contribution in [-0.4, -0.2) is 40.1 Å². The monoisotopic (exact) mass is 488 g/mol. The van der Waals surface area contributed by atoms with E-state index >= 15 is 0 Å². The van der Waals surface area contributed by atoms with E-state index in [2.05, 4.69) is 20.6 Å². The summed E-state index contributed by atoms with van der Waals surface area (Å²) < 4.78 is 16.1. The summed E-state index contributed by atoms with van der Waals surface area (Å²) >= 11 is 0. The molecule has 4 heterocycles. The first-order valence-electron chi connectivity index (χ1n) is 11.4. The highest BCUT2D eigenvalue weighted by atomic mass is 16.5. The van der Waals surface area contributed by atoms with Crippen molar-refractivity contribution in [3.63, 3.8) is 0 Å². The fourth-order valence-corrected chi connectivity index (χ4v) is 3.34. The summed E-state index contributed by atoms with van der Waals surface area (Å²) in [4.78, 5) is 31.9. The summed E-state index contributed by atoms with van der Waals surface area (Å²) in [7, 11) is 1.52. The molecule has 0 fully saturated rings. The molecule has 1 aromatic carbocycles. The van der Waals surface area contributed by atoms with Crippen molar-refractivity contribution >= 4 is 35.6 Å². The van der Waals surface area contributed by atoms with E-state index in [4.69, 9.17) is 14.2 Å². The van der Waals surface area contributed by atoms with E-state index in [1.54, 1.807) is 39.8 Å². The number of anilines is 2. The minimum Gasteiger partial charge on any atom is -0.481 e. The largest absolute Gasteiger partial charge is 0.481 e. The highest BCUT2D eigenvalue weighted by molar-refractivity contribution is 6.00. The molecule has 2 amide bonds. The van der Waals surface area contributed by atoms with Crippen molar-refractivity contribution < 1.29 is 23.8 Å². The van der Waals surface area contributed by atoms with E-state index in [1.807, 2.05) is 54.6 Å². The van der Waals surface area contributed by atoms with Crippen LogP contribution in [0.15, 0.2) is 54.6 Å². The van der Waals surface area contributed by atoms with E-state index in [1.165, 1.54) is 7.11 Å². The van der Waals surface area contributed by atoms with Crippen LogP contribution < -0.4 is 24.8 Å². The minimum atomic E-state index is -0.865. The van der Waals surface area contributed by atoms with Gasteiger partial charge >= 0.3 is 0 Å². The SMILES string of the molecule is CC1(C)Oc2ccc(/C=C/c3ccccc3)nc2NC1=O.COc1ccc2c(n1)NC(=O)C(C)(C)O2. The van der Waals surface area contributed by atoms with Gasteiger partial charge in [0.25, 0.3) is 11.8 Å². The van der Waals surface area contributed by atoms with Gasteiger partial charge in [0.15, 0.2) is 34.3 Å². The number of ether oxygens (including phenoxy) is 3. The summed E-state index contributed by atoms with van der Waals surface area (Å²) in [6.07, 6.45) is 3.88. The van der Waals surface area contributed by atoms with Crippen LogP contribution in [-0.2, 0) is 9.59 Å². The van der Waals surface area contributed by atoms with Crippen LogP contribution in [0.2, 0.25) is 0 Å². The molecule has 2 aliphatic heterocycles. The fourth-order valence-electron chi connectivity index (χ4n) is 3.34. The molecule has 0 saturated carbocycles. The molecule has 0 spiro atoms. The Morgan fingerprint density at radius 2 is 1.31 bits per heavy atom. The first kappa shape index (κ1) is 24.7. The van der Waals surface area contributed by atoms with E-state index in [0.717, 1.165) is 11.3 Å². The summed E-state index contributed by atoms with van der Waals surface area (Å²) in [5.41, 5.74) is 0.138. The van der Waals surface area contributed by atoms with Gasteiger partial charge < -0.3 is 24.8 Å². The molecule has 0 unspecified atom stereocenters. The summed E-state index contributed by atoms with van der Waals surface area (Å²) in [5, 5.41) is 5.45. The number of methoxy groups -OCH3 is 1. The number of aromatic nitrogens is 2. The van der Waals surface area contributed by atoms with Crippen molar-refractivity contribution in [2.45, 2.75) is 38.9 Å². The lowest BCUT2D eigenvalue weighted by Crippen LogP contribution is -2.46. The minimum absolute atomic E-state index is 0.188. The number of hydrogen-bond acceptors (Lipinski definition) is 7. The first-order chi connectivity index (χ1) is 17.1. The first-order valence-corrected chi connectivity index (χ1v) is 11.4. The Morgan fingerprint density at radius 3 is 1.89 bits per heavy atom. The average molecular weight is 489 g/mol. The van der Waals surface area contributed by atoms with Gasteiger partial charge in [0, 0.05) is 6.07 Å². The van der Waals surface area contributed by atoms with Crippen LogP contribution in [0.3, 0.4) is 0 Å². The molecule has 0 atom stereocenters. The van der Waals surface area contributed by atoms with Crippen molar-refractivity contribution in [2.75, 3.05) is 17.7 Å². The maximum atomic E-state index is 11.9. The third-order valence-electron chi connectivity index (χ3n) is 5.46. The number of carbonyl (C=O) groups is 2. The molecule has 9 nitrogen and oxygen atoms in total. The number of amides is 2. The molecule has 0 aliphatic carbocycles. The molecular formula is C27H28N4O5. The third-order valence-corrected chi connectivity index (χ3v) is 5.46. The molecule has 36 heavy (non-hydrogen) atoms. The quantitative estimate of drug-likeness (QED) is 0.556. The second kappa shape index (κ2) is 9.69. The lowest BCUT2D eigenvalue weighted by atomic mass is 10.1. The Kier molecular flexibility index (Phi) is 6.65. The van der Waals surface area contributed by atoms with E-state index in [0.29, 0.717) is 29.0 Å².